The molecule has 19 heavy (non-hydrogen) atoms. The first-order chi connectivity index (χ1) is 8.68. The average Bonchev–Trinajstić information content (AvgIpc) is 3.22. The van der Waals surface area contributed by atoms with Gasteiger partial charge in [-0.05, 0) is 35.8 Å². The molecule has 0 bridgehead atoms. The fraction of sp³-hybridized carbons (Fsp3) is 0.333. The molecule has 0 aliphatic heterocycles. The van der Waals surface area contributed by atoms with Gasteiger partial charge in [0.25, 0.3) is 0 Å². The van der Waals surface area contributed by atoms with Crippen molar-refractivity contribution < 1.29 is 10.2 Å². The molecule has 1 aliphatic carbocycles. The summed E-state index contributed by atoms with van der Waals surface area (Å²) in [6, 6.07) is 10.7. The van der Waals surface area contributed by atoms with E-state index in [-0.39, 0.29) is 24.2 Å². The van der Waals surface area contributed by atoms with E-state index >= 15 is 0 Å². The second-order valence-corrected chi connectivity index (χ2v) is 5.07. The van der Waals surface area contributed by atoms with Crippen LogP contribution in [0.15, 0.2) is 36.4 Å². The molecule has 1 saturated carbocycles. The van der Waals surface area contributed by atoms with E-state index in [9.17, 15) is 10.2 Å². The van der Waals surface area contributed by atoms with Crippen molar-refractivity contribution in [3.05, 3.63) is 42.0 Å². The van der Waals surface area contributed by atoms with Crippen molar-refractivity contribution in [2.75, 3.05) is 0 Å². The normalized spacial score (nSPS) is 17.8. The number of aliphatic hydroxyl groups excluding tert-OH is 1. The van der Waals surface area contributed by atoms with Gasteiger partial charge < -0.3 is 15.9 Å². The number of phenolic OH excluding ortho intramolecular Hbond substituents is 1. The highest BCUT2D eigenvalue weighted by Crippen LogP contribution is 2.39. The zero-order chi connectivity index (χ0) is 12.7. The van der Waals surface area contributed by atoms with Crippen molar-refractivity contribution in [3.8, 4) is 5.75 Å². The summed E-state index contributed by atoms with van der Waals surface area (Å²) in [5.74, 6) is 0.593. The van der Waals surface area contributed by atoms with Crippen LogP contribution >= 0.6 is 12.4 Å². The SMILES string of the molecule is Cl.N[C@H](c1ccc(O)c2ccccc12)[C@@H](O)C1CC1. The van der Waals surface area contributed by atoms with Crippen LogP contribution in [0.4, 0.5) is 0 Å². The molecule has 3 rings (SSSR count). The van der Waals surface area contributed by atoms with Gasteiger partial charge in [-0.1, -0.05) is 30.3 Å². The highest BCUT2D eigenvalue weighted by molar-refractivity contribution is 5.91. The monoisotopic (exact) mass is 279 g/mol. The van der Waals surface area contributed by atoms with Gasteiger partial charge in [-0.3, -0.25) is 0 Å². The van der Waals surface area contributed by atoms with Crippen LogP contribution < -0.4 is 5.73 Å². The Hall–Kier alpha value is -1.29. The molecule has 3 nitrogen and oxygen atoms in total. The van der Waals surface area contributed by atoms with E-state index in [4.69, 9.17) is 5.73 Å². The lowest BCUT2D eigenvalue weighted by molar-refractivity contribution is 0.123. The molecule has 1 fully saturated rings. The standard InChI is InChI=1S/C15H17NO2.ClH/c16-14(15(18)9-5-6-9)12-7-8-13(17)11-4-2-1-3-10(11)12;/h1-4,7-9,14-15,17-18H,5-6,16H2;1H/t14-,15+;/m1./s1. The molecule has 2 atom stereocenters. The van der Waals surface area contributed by atoms with Crippen LogP contribution in [-0.2, 0) is 0 Å². The first kappa shape index (κ1) is 14.1. The highest BCUT2D eigenvalue weighted by Gasteiger charge is 2.34. The largest absolute Gasteiger partial charge is 0.507 e. The van der Waals surface area contributed by atoms with Crippen LogP contribution in [0.25, 0.3) is 10.8 Å². The Labute approximate surface area is 118 Å². The van der Waals surface area contributed by atoms with Gasteiger partial charge in [-0.25, -0.2) is 0 Å². The number of hydrogen-bond acceptors (Lipinski definition) is 3. The average molecular weight is 280 g/mol. The van der Waals surface area contributed by atoms with E-state index in [0.29, 0.717) is 5.92 Å². The number of aliphatic hydroxyl groups is 1. The molecule has 102 valence electrons. The van der Waals surface area contributed by atoms with Gasteiger partial charge in [0.2, 0.25) is 0 Å². The molecule has 0 spiro atoms. The fourth-order valence-electron chi connectivity index (χ4n) is 2.51. The molecular formula is C15H18ClNO2. The highest BCUT2D eigenvalue weighted by atomic mass is 35.5. The topological polar surface area (TPSA) is 66.5 Å². The molecule has 0 heterocycles. The number of benzene rings is 2. The molecular weight excluding hydrogens is 262 g/mol. The van der Waals surface area contributed by atoms with Gasteiger partial charge in [0.15, 0.2) is 0 Å². The van der Waals surface area contributed by atoms with Crippen molar-refractivity contribution in [2.24, 2.45) is 11.7 Å². The van der Waals surface area contributed by atoms with E-state index in [1.165, 1.54) is 0 Å². The smallest absolute Gasteiger partial charge is 0.123 e. The number of rotatable bonds is 3. The van der Waals surface area contributed by atoms with E-state index in [1.54, 1.807) is 6.07 Å². The van der Waals surface area contributed by atoms with Gasteiger partial charge in [-0.2, -0.15) is 0 Å². The number of fused-ring (bicyclic) bond motifs is 1. The van der Waals surface area contributed by atoms with Crippen molar-refractivity contribution in [1.82, 2.24) is 0 Å². The molecule has 0 amide bonds. The fourth-order valence-corrected chi connectivity index (χ4v) is 2.51. The van der Waals surface area contributed by atoms with Gasteiger partial charge in [-0.15, -0.1) is 12.4 Å². The predicted molar refractivity (Wildman–Crippen MR) is 78.5 cm³/mol. The summed E-state index contributed by atoms with van der Waals surface area (Å²) in [4.78, 5) is 0. The lowest BCUT2D eigenvalue weighted by Gasteiger charge is -2.20. The first-order valence-electron chi connectivity index (χ1n) is 6.33. The summed E-state index contributed by atoms with van der Waals surface area (Å²) in [7, 11) is 0. The molecule has 2 aromatic rings. The zero-order valence-corrected chi connectivity index (χ0v) is 11.3. The Balaban J connectivity index is 0.00000133. The summed E-state index contributed by atoms with van der Waals surface area (Å²) in [6.45, 7) is 0. The van der Waals surface area contributed by atoms with Crippen molar-refractivity contribution in [2.45, 2.75) is 25.0 Å². The number of hydrogen-bond donors (Lipinski definition) is 3. The predicted octanol–water partition coefficient (Wildman–Crippen LogP) is 2.74. The summed E-state index contributed by atoms with van der Waals surface area (Å²) < 4.78 is 0. The van der Waals surface area contributed by atoms with Gasteiger partial charge in [0.05, 0.1) is 12.1 Å². The van der Waals surface area contributed by atoms with E-state index < -0.39 is 6.10 Å². The molecule has 0 radical (unpaired) electrons. The first-order valence-corrected chi connectivity index (χ1v) is 6.33. The van der Waals surface area contributed by atoms with E-state index in [0.717, 1.165) is 29.2 Å². The Bertz CT molecular complexity index is 583. The van der Waals surface area contributed by atoms with Crippen LogP contribution in [-0.4, -0.2) is 16.3 Å². The third-order valence-corrected chi connectivity index (χ3v) is 3.77. The minimum Gasteiger partial charge on any atom is -0.507 e. The summed E-state index contributed by atoms with van der Waals surface area (Å²) in [5, 5.41) is 21.7. The van der Waals surface area contributed by atoms with Gasteiger partial charge in [0, 0.05) is 5.39 Å². The van der Waals surface area contributed by atoms with Crippen LogP contribution in [0.1, 0.15) is 24.4 Å². The Morgan fingerprint density at radius 3 is 2.32 bits per heavy atom. The van der Waals surface area contributed by atoms with E-state index in [2.05, 4.69) is 0 Å². The molecule has 0 aromatic heterocycles. The van der Waals surface area contributed by atoms with Crippen LogP contribution in [0.5, 0.6) is 5.75 Å². The van der Waals surface area contributed by atoms with Crippen molar-refractivity contribution in [3.63, 3.8) is 0 Å². The Morgan fingerprint density at radius 1 is 1.05 bits per heavy atom. The summed E-state index contributed by atoms with van der Waals surface area (Å²) >= 11 is 0. The maximum absolute atomic E-state index is 10.2. The third-order valence-electron chi connectivity index (χ3n) is 3.77. The van der Waals surface area contributed by atoms with Crippen molar-refractivity contribution in [1.29, 1.82) is 0 Å². The van der Waals surface area contributed by atoms with E-state index in [1.807, 2.05) is 30.3 Å². The van der Waals surface area contributed by atoms with Crippen LogP contribution in [0.2, 0.25) is 0 Å². The molecule has 4 N–H and O–H groups in total. The number of halogens is 1. The number of nitrogens with two attached hydrogens (primary N) is 1. The second kappa shape index (κ2) is 5.37. The second-order valence-electron chi connectivity index (χ2n) is 5.07. The minimum atomic E-state index is -0.488. The lowest BCUT2D eigenvalue weighted by atomic mass is 9.93. The molecule has 0 unspecified atom stereocenters. The summed E-state index contributed by atoms with van der Waals surface area (Å²) in [5.41, 5.74) is 7.07. The molecule has 2 aromatic carbocycles. The number of aromatic hydroxyl groups is 1. The Kier molecular flexibility index (Phi) is 3.99. The maximum Gasteiger partial charge on any atom is 0.123 e. The molecule has 1 aliphatic rings. The minimum absolute atomic E-state index is 0. The van der Waals surface area contributed by atoms with Crippen LogP contribution in [0, 0.1) is 5.92 Å². The molecule has 4 heteroatoms. The lowest BCUT2D eigenvalue weighted by Crippen LogP contribution is -2.28. The van der Waals surface area contributed by atoms with Crippen molar-refractivity contribution >= 4 is 23.2 Å². The van der Waals surface area contributed by atoms with Crippen LogP contribution in [0.3, 0.4) is 0 Å². The summed E-state index contributed by atoms with van der Waals surface area (Å²) in [6.07, 6.45) is 1.63. The number of phenols is 1. The quantitative estimate of drug-likeness (QED) is 0.809. The molecule has 0 saturated heterocycles. The maximum atomic E-state index is 10.2. The van der Waals surface area contributed by atoms with Gasteiger partial charge in [0.1, 0.15) is 5.75 Å². The van der Waals surface area contributed by atoms with Gasteiger partial charge >= 0.3 is 0 Å². The third kappa shape index (κ3) is 2.54. The zero-order valence-electron chi connectivity index (χ0n) is 10.5. The Morgan fingerprint density at radius 2 is 1.68 bits per heavy atom.